The third-order valence-corrected chi connectivity index (χ3v) is 2.15. The summed E-state index contributed by atoms with van der Waals surface area (Å²) in [5.41, 5.74) is 1.71. The van der Waals surface area contributed by atoms with Crippen molar-refractivity contribution >= 4 is 41.8 Å². The van der Waals surface area contributed by atoms with Gasteiger partial charge in [-0.2, -0.15) is 0 Å². The van der Waals surface area contributed by atoms with Gasteiger partial charge in [0.2, 0.25) is 0 Å². The Kier molecular flexibility index (Phi) is 2.40. The predicted octanol–water partition coefficient (Wildman–Crippen LogP) is -0.0152. The van der Waals surface area contributed by atoms with Gasteiger partial charge in [0.25, 0.3) is 0 Å². The van der Waals surface area contributed by atoms with Crippen LogP contribution in [0.4, 0.5) is 5.69 Å². The van der Waals surface area contributed by atoms with Crippen molar-refractivity contribution in [1.29, 1.82) is 0 Å². The average Bonchev–Trinajstić information content (AvgIpc) is 2.61. The van der Waals surface area contributed by atoms with Gasteiger partial charge < -0.3 is 15.4 Å². The summed E-state index contributed by atoms with van der Waals surface area (Å²) in [5.74, 6) is -2.61. The first kappa shape index (κ1) is 10.3. The lowest BCUT2D eigenvalue weighted by molar-refractivity contribution is -0.147. The van der Waals surface area contributed by atoms with E-state index in [1.54, 1.807) is 18.2 Å². The average molecular weight is 214 g/mol. The van der Waals surface area contributed by atoms with Crippen LogP contribution in [0.25, 0.3) is 10.9 Å². The van der Waals surface area contributed by atoms with E-state index in [1.807, 2.05) is 0 Å². The smallest absolute Gasteiger partial charge is 0.394 e. The molecule has 0 spiro atoms. The fourth-order valence-corrected chi connectivity index (χ4v) is 1.42. The van der Waals surface area contributed by atoms with Crippen LogP contribution in [0, 0.1) is 0 Å². The summed E-state index contributed by atoms with van der Waals surface area (Å²) in [6.07, 6.45) is 1.52. The first-order chi connectivity index (χ1) is 7.58. The number of benzene rings is 1. The minimum Gasteiger partial charge on any atom is -0.474 e. The van der Waals surface area contributed by atoms with Crippen molar-refractivity contribution in [2.75, 3.05) is 5.32 Å². The third-order valence-electron chi connectivity index (χ3n) is 2.15. The topological polar surface area (TPSA) is 82.2 Å². The van der Waals surface area contributed by atoms with Gasteiger partial charge in [-0.05, 0) is 6.07 Å². The van der Waals surface area contributed by atoms with Crippen LogP contribution in [0.3, 0.4) is 0 Å². The lowest BCUT2D eigenvalue weighted by Crippen LogP contribution is -2.21. The molecule has 0 aliphatic heterocycles. The highest BCUT2D eigenvalue weighted by molar-refractivity contribution is 6.37. The number of amides is 1. The van der Waals surface area contributed by atoms with Crippen molar-refractivity contribution in [1.82, 2.24) is 4.98 Å². The van der Waals surface area contributed by atoms with E-state index in [-0.39, 0.29) is 0 Å². The summed E-state index contributed by atoms with van der Waals surface area (Å²) in [5, 5.41) is 11.4. The van der Waals surface area contributed by atoms with E-state index in [2.05, 4.69) is 10.3 Å². The fraction of sp³-hybridized carbons (Fsp3) is 0. The highest BCUT2D eigenvalue weighted by Gasteiger charge is 2.13. The number of fused-ring (bicyclic) bond motifs is 1. The maximum absolute atomic E-state index is 11.0. The molecular formula is C10H7BN2O3. The molecule has 2 rings (SSSR count). The summed E-state index contributed by atoms with van der Waals surface area (Å²) in [7, 11) is 5.60. The van der Waals surface area contributed by atoms with Crippen molar-refractivity contribution < 1.29 is 14.7 Å². The van der Waals surface area contributed by atoms with Crippen molar-refractivity contribution in [3.63, 3.8) is 0 Å². The Morgan fingerprint density at radius 2 is 2.12 bits per heavy atom. The van der Waals surface area contributed by atoms with Crippen molar-refractivity contribution in [2.45, 2.75) is 0 Å². The SMILES string of the molecule is [B]c1ccc2[nH]cc(NC(=O)C(=O)O)c2c1. The Morgan fingerprint density at radius 3 is 2.81 bits per heavy atom. The van der Waals surface area contributed by atoms with E-state index in [1.165, 1.54) is 6.20 Å². The normalized spacial score (nSPS) is 10.2. The number of aromatic nitrogens is 1. The first-order valence-corrected chi connectivity index (χ1v) is 4.49. The number of hydrogen-bond donors (Lipinski definition) is 3. The van der Waals surface area contributed by atoms with Crippen LogP contribution < -0.4 is 10.8 Å². The van der Waals surface area contributed by atoms with Gasteiger partial charge in [0.05, 0.1) is 5.69 Å². The maximum Gasteiger partial charge on any atom is 0.394 e. The highest BCUT2D eigenvalue weighted by atomic mass is 16.4. The standard InChI is InChI=1S/C10H7BN2O3/c11-5-1-2-7-6(3-5)8(4-12-7)13-9(14)10(15)16/h1-4,12H,(H,13,14)(H,15,16). The van der Waals surface area contributed by atoms with Crippen molar-refractivity contribution in [3.05, 3.63) is 24.4 Å². The molecule has 1 aromatic heterocycles. The van der Waals surface area contributed by atoms with E-state index < -0.39 is 11.9 Å². The number of nitrogens with one attached hydrogen (secondary N) is 2. The number of aliphatic carboxylic acids is 1. The molecule has 6 heteroatoms. The summed E-state index contributed by atoms with van der Waals surface area (Å²) < 4.78 is 0. The molecule has 0 saturated carbocycles. The number of hydrogen-bond acceptors (Lipinski definition) is 2. The molecular weight excluding hydrogens is 207 g/mol. The number of H-pyrrole nitrogens is 1. The quantitative estimate of drug-likeness (QED) is 0.461. The second kappa shape index (κ2) is 3.73. The Balaban J connectivity index is 2.41. The Hall–Kier alpha value is -2.24. The molecule has 0 bridgehead atoms. The van der Waals surface area contributed by atoms with Crippen molar-refractivity contribution in [3.8, 4) is 0 Å². The third kappa shape index (κ3) is 1.77. The zero-order valence-electron chi connectivity index (χ0n) is 8.15. The Bertz CT molecular complexity index is 576. The van der Waals surface area contributed by atoms with Gasteiger partial charge in [-0.1, -0.05) is 17.6 Å². The van der Waals surface area contributed by atoms with E-state index in [4.69, 9.17) is 13.0 Å². The zero-order valence-corrected chi connectivity index (χ0v) is 8.15. The van der Waals surface area contributed by atoms with Gasteiger partial charge >= 0.3 is 11.9 Å². The Labute approximate surface area is 91.9 Å². The maximum atomic E-state index is 11.0. The van der Waals surface area contributed by atoms with Crippen LogP contribution in [-0.2, 0) is 9.59 Å². The first-order valence-electron chi connectivity index (χ1n) is 4.49. The molecule has 0 aliphatic rings. The summed E-state index contributed by atoms with van der Waals surface area (Å²) in [6.45, 7) is 0. The molecule has 5 nitrogen and oxygen atoms in total. The number of rotatable bonds is 1. The minimum absolute atomic E-state index is 0.398. The van der Waals surface area contributed by atoms with Crippen molar-refractivity contribution in [2.24, 2.45) is 0 Å². The second-order valence-electron chi connectivity index (χ2n) is 3.27. The molecule has 1 heterocycles. The number of carbonyl (C=O) groups excluding carboxylic acids is 1. The van der Waals surface area contributed by atoms with E-state index >= 15 is 0 Å². The highest BCUT2D eigenvalue weighted by Crippen LogP contribution is 2.21. The van der Waals surface area contributed by atoms with Crippen LogP contribution in [0.5, 0.6) is 0 Å². The van der Waals surface area contributed by atoms with E-state index in [0.29, 0.717) is 16.5 Å². The van der Waals surface area contributed by atoms with Crippen LogP contribution in [0.15, 0.2) is 24.4 Å². The molecule has 0 saturated heterocycles. The lowest BCUT2D eigenvalue weighted by atomic mass is 9.95. The van der Waals surface area contributed by atoms with Crippen LogP contribution in [0.2, 0.25) is 0 Å². The van der Waals surface area contributed by atoms with Crippen LogP contribution in [-0.4, -0.2) is 29.8 Å². The summed E-state index contributed by atoms with van der Waals surface area (Å²) >= 11 is 0. The monoisotopic (exact) mass is 214 g/mol. The molecule has 2 radical (unpaired) electrons. The Morgan fingerprint density at radius 1 is 1.38 bits per heavy atom. The van der Waals surface area contributed by atoms with E-state index in [0.717, 1.165) is 5.52 Å². The molecule has 3 N–H and O–H groups in total. The van der Waals surface area contributed by atoms with Gasteiger partial charge in [-0.15, -0.1) is 0 Å². The van der Waals surface area contributed by atoms with Gasteiger partial charge in [0.15, 0.2) is 0 Å². The number of carbonyl (C=O) groups is 2. The van der Waals surface area contributed by atoms with Gasteiger partial charge in [-0.25, -0.2) is 4.79 Å². The molecule has 0 unspecified atom stereocenters. The molecule has 1 aromatic carbocycles. The largest absolute Gasteiger partial charge is 0.474 e. The number of carboxylic acids is 1. The van der Waals surface area contributed by atoms with Gasteiger partial charge in [0, 0.05) is 17.1 Å². The van der Waals surface area contributed by atoms with Gasteiger partial charge in [-0.3, -0.25) is 4.79 Å². The summed E-state index contributed by atoms with van der Waals surface area (Å²) in [6, 6.07) is 5.12. The molecule has 1 amide bonds. The minimum atomic E-state index is -1.53. The van der Waals surface area contributed by atoms with Crippen LogP contribution in [0.1, 0.15) is 0 Å². The number of aromatic amines is 1. The molecule has 16 heavy (non-hydrogen) atoms. The predicted molar refractivity (Wildman–Crippen MR) is 60.0 cm³/mol. The number of carboxylic acid groups (broad SMARTS) is 1. The lowest BCUT2D eigenvalue weighted by Gasteiger charge is -2.00. The zero-order chi connectivity index (χ0) is 11.7. The molecule has 78 valence electrons. The fourth-order valence-electron chi connectivity index (χ4n) is 1.42. The van der Waals surface area contributed by atoms with Crippen LogP contribution >= 0.6 is 0 Å². The van der Waals surface area contributed by atoms with E-state index in [9.17, 15) is 9.59 Å². The molecule has 0 aliphatic carbocycles. The number of anilines is 1. The summed E-state index contributed by atoms with van der Waals surface area (Å²) in [4.78, 5) is 24.3. The molecule has 0 atom stereocenters. The van der Waals surface area contributed by atoms with Gasteiger partial charge in [0.1, 0.15) is 7.85 Å². The molecule has 2 aromatic rings. The molecule has 0 fully saturated rings. The second-order valence-corrected chi connectivity index (χ2v) is 3.27.